The molecule has 8 heteroatoms. The molecule has 0 bridgehead atoms. The number of amides is 1. The van der Waals surface area contributed by atoms with Gasteiger partial charge in [0.1, 0.15) is 5.82 Å². The Hall–Kier alpha value is -3.16. The van der Waals surface area contributed by atoms with Gasteiger partial charge in [0.15, 0.2) is 0 Å². The second-order valence-electron chi connectivity index (χ2n) is 7.71. The first kappa shape index (κ1) is 21.5. The van der Waals surface area contributed by atoms with Gasteiger partial charge in [0, 0.05) is 23.7 Å². The second-order valence-corrected chi connectivity index (χ2v) is 7.71. The van der Waals surface area contributed by atoms with Gasteiger partial charge in [-0.1, -0.05) is 13.8 Å². The number of anilines is 1. The fraction of sp³-hybridized carbons (Fsp3) is 0.318. The first-order valence-electron chi connectivity index (χ1n) is 9.53. The molecule has 2 aromatic heterocycles. The predicted octanol–water partition coefficient (Wildman–Crippen LogP) is 4.84. The third-order valence-corrected chi connectivity index (χ3v) is 4.67. The van der Waals surface area contributed by atoms with Crippen LogP contribution in [0.3, 0.4) is 0 Å². The molecule has 0 fully saturated rings. The molecule has 2 heterocycles. The fourth-order valence-electron chi connectivity index (χ4n) is 3.15. The molecule has 0 aliphatic rings. The van der Waals surface area contributed by atoms with Crippen LogP contribution in [0, 0.1) is 12.8 Å². The van der Waals surface area contributed by atoms with E-state index in [-0.39, 0.29) is 18.4 Å². The molecule has 0 spiro atoms. The minimum Gasteiger partial charge on any atom is -0.383 e. The number of carbonyl (C=O) groups excluding carboxylic acids is 1. The number of carbonyl (C=O) groups is 1. The van der Waals surface area contributed by atoms with E-state index < -0.39 is 11.7 Å². The van der Waals surface area contributed by atoms with E-state index in [1.54, 1.807) is 23.1 Å². The molecule has 2 N–H and O–H groups in total. The molecule has 3 aromatic rings. The van der Waals surface area contributed by atoms with Gasteiger partial charge in [0.2, 0.25) is 0 Å². The Kier molecular flexibility index (Phi) is 5.96. The Balaban J connectivity index is 1.88. The van der Waals surface area contributed by atoms with Crippen molar-refractivity contribution in [2.75, 3.05) is 12.3 Å². The van der Waals surface area contributed by atoms with Gasteiger partial charge >= 0.3 is 6.18 Å². The van der Waals surface area contributed by atoms with E-state index in [0.717, 1.165) is 23.2 Å². The van der Waals surface area contributed by atoms with Crippen LogP contribution in [0.5, 0.6) is 0 Å². The number of rotatable bonds is 5. The van der Waals surface area contributed by atoms with E-state index in [1.807, 2.05) is 26.8 Å². The van der Waals surface area contributed by atoms with Crippen molar-refractivity contribution < 1.29 is 18.0 Å². The summed E-state index contributed by atoms with van der Waals surface area (Å²) in [5, 5.41) is 0.796. The molecular formula is C22H23F3N4O. The second kappa shape index (κ2) is 8.30. The number of nitrogens with two attached hydrogens (primary N) is 1. The van der Waals surface area contributed by atoms with Crippen LogP contribution >= 0.6 is 0 Å². The molecule has 0 radical (unpaired) electrons. The highest BCUT2D eigenvalue weighted by Crippen LogP contribution is 2.28. The van der Waals surface area contributed by atoms with Gasteiger partial charge in [-0.15, -0.1) is 0 Å². The first-order chi connectivity index (χ1) is 14.0. The number of aryl methyl sites for hydroxylation is 1. The summed E-state index contributed by atoms with van der Waals surface area (Å²) in [5.74, 6) is 0.394. The van der Waals surface area contributed by atoms with Gasteiger partial charge in [0.05, 0.1) is 23.3 Å². The summed E-state index contributed by atoms with van der Waals surface area (Å²) >= 11 is 0. The zero-order chi connectivity index (χ0) is 22.1. The SMILES string of the molecule is Cc1cc2cc(C(=O)N(Cc3ccc(C(F)(F)F)cn3)CC(C)C)ccc2nc1N. The standard InChI is InChI=1S/C22H23F3N4O/c1-13(2)11-29(12-18-6-5-17(10-27-18)22(23,24)25)21(30)15-4-7-19-16(9-15)8-14(3)20(26)28-19/h4-10,13H,11-12H2,1-3H3,(H2,26,28). The van der Waals surface area contributed by atoms with E-state index in [0.29, 0.717) is 29.1 Å². The van der Waals surface area contributed by atoms with Crippen LogP contribution in [0.15, 0.2) is 42.6 Å². The van der Waals surface area contributed by atoms with Crippen LogP contribution in [0.25, 0.3) is 10.9 Å². The monoisotopic (exact) mass is 416 g/mol. The molecule has 0 atom stereocenters. The van der Waals surface area contributed by atoms with Crippen LogP contribution in [0.4, 0.5) is 19.0 Å². The third-order valence-electron chi connectivity index (χ3n) is 4.67. The molecule has 1 amide bonds. The van der Waals surface area contributed by atoms with Crippen molar-refractivity contribution in [2.45, 2.75) is 33.5 Å². The Morgan fingerprint density at radius 3 is 2.50 bits per heavy atom. The molecular weight excluding hydrogens is 393 g/mol. The maximum atomic E-state index is 13.2. The van der Waals surface area contributed by atoms with E-state index in [9.17, 15) is 18.0 Å². The molecule has 5 nitrogen and oxygen atoms in total. The van der Waals surface area contributed by atoms with Gasteiger partial charge in [-0.2, -0.15) is 13.2 Å². The normalized spacial score (nSPS) is 11.8. The van der Waals surface area contributed by atoms with Crippen molar-refractivity contribution in [1.82, 2.24) is 14.9 Å². The highest BCUT2D eigenvalue weighted by atomic mass is 19.4. The Morgan fingerprint density at radius 2 is 1.90 bits per heavy atom. The molecule has 1 aromatic carbocycles. The van der Waals surface area contributed by atoms with Gasteiger partial charge < -0.3 is 10.6 Å². The van der Waals surface area contributed by atoms with Crippen LogP contribution in [-0.4, -0.2) is 27.3 Å². The molecule has 0 unspecified atom stereocenters. The number of alkyl halides is 3. The molecule has 0 aliphatic heterocycles. The lowest BCUT2D eigenvalue weighted by Gasteiger charge is -2.25. The van der Waals surface area contributed by atoms with E-state index in [2.05, 4.69) is 9.97 Å². The summed E-state index contributed by atoms with van der Waals surface area (Å²) in [6.07, 6.45) is -3.65. The zero-order valence-corrected chi connectivity index (χ0v) is 17.0. The lowest BCUT2D eigenvalue weighted by molar-refractivity contribution is -0.137. The topological polar surface area (TPSA) is 72.1 Å². The number of aromatic nitrogens is 2. The number of pyridine rings is 2. The number of hydrogen-bond acceptors (Lipinski definition) is 4. The average molecular weight is 416 g/mol. The number of hydrogen-bond donors (Lipinski definition) is 1. The summed E-state index contributed by atoms with van der Waals surface area (Å²) in [6, 6.07) is 9.33. The summed E-state index contributed by atoms with van der Waals surface area (Å²) in [5.41, 5.74) is 7.41. The van der Waals surface area contributed by atoms with Crippen molar-refractivity contribution >= 4 is 22.6 Å². The smallest absolute Gasteiger partial charge is 0.383 e. The van der Waals surface area contributed by atoms with Crippen LogP contribution in [0.2, 0.25) is 0 Å². The lowest BCUT2D eigenvalue weighted by Crippen LogP contribution is -2.34. The summed E-state index contributed by atoms with van der Waals surface area (Å²) in [7, 11) is 0. The molecule has 0 saturated carbocycles. The van der Waals surface area contributed by atoms with Crippen LogP contribution in [-0.2, 0) is 12.7 Å². The van der Waals surface area contributed by atoms with Gasteiger partial charge in [0.25, 0.3) is 5.91 Å². The number of nitrogens with zero attached hydrogens (tertiary/aromatic N) is 3. The molecule has 0 aliphatic carbocycles. The minimum atomic E-state index is -4.44. The van der Waals surface area contributed by atoms with E-state index in [4.69, 9.17) is 5.73 Å². The van der Waals surface area contributed by atoms with E-state index in [1.165, 1.54) is 6.07 Å². The number of benzene rings is 1. The summed E-state index contributed by atoms with van der Waals surface area (Å²) < 4.78 is 38.3. The Labute approximate surface area is 172 Å². The zero-order valence-electron chi connectivity index (χ0n) is 17.0. The molecule has 3 rings (SSSR count). The van der Waals surface area contributed by atoms with Crippen molar-refractivity contribution in [3.05, 3.63) is 65.0 Å². The van der Waals surface area contributed by atoms with Crippen LogP contribution in [0.1, 0.15) is 41.0 Å². The molecule has 0 saturated heterocycles. The van der Waals surface area contributed by atoms with Crippen molar-refractivity contribution in [3.63, 3.8) is 0 Å². The predicted molar refractivity (Wildman–Crippen MR) is 110 cm³/mol. The highest BCUT2D eigenvalue weighted by Gasteiger charge is 2.30. The van der Waals surface area contributed by atoms with E-state index >= 15 is 0 Å². The molecule has 30 heavy (non-hydrogen) atoms. The third kappa shape index (κ3) is 4.87. The maximum absolute atomic E-state index is 13.2. The first-order valence-corrected chi connectivity index (χ1v) is 9.53. The largest absolute Gasteiger partial charge is 0.417 e. The van der Waals surface area contributed by atoms with Crippen molar-refractivity contribution in [1.29, 1.82) is 0 Å². The Morgan fingerprint density at radius 1 is 1.17 bits per heavy atom. The maximum Gasteiger partial charge on any atom is 0.417 e. The fourth-order valence-corrected chi connectivity index (χ4v) is 3.15. The highest BCUT2D eigenvalue weighted by molar-refractivity contribution is 5.98. The number of halogens is 3. The Bertz CT molecular complexity index is 1060. The summed E-state index contributed by atoms with van der Waals surface area (Å²) in [6.45, 7) is 6.34. The minimum absolute atomic E-state index is 0.117. The van der Waals surface area contributed by atoms with Crippen molar-refractivity contribution in [3.8, 4) is 0 Å². The van der Waals surface area contributed by atoms with Crippen molar-refractivity contribution in [2.24, 2.45) is 5.92 Å². The molecule has 158 valence electrons. The lowest BCUT2D eigenvalue weighted by atomic mass is 10.1. The number of fused-ring (bicyclic) bond motifs is 1. The summed E-state index contributed by atoms with van der Waals surface area (Å²) in [4.78, 5) is 23.0. The van der Waals surface area contributed by atoms with Gasteiger partial charge in [-0.25, -0.2) is 4.98 Å². The number of nitrogen functional groups attached to an aromatic ring is 1. The van der Waals surface area contributed by atoms with Crippen LogP contribution < -0.4 is 5.73 Å². The quantitative estimate of drug-likeness (QED) is 0.646. The van der Waals surface area contributed by atoms with Gasteiger partial charge in [-0.3, -0.25) is 9.78 Å². The average Bonchev–Trinajstić information content (AvgIpc) is 2.67. The van der Waals surface area contributed by atoms with Gasteiger partial charge in [-0.05, 0) is 54.8 Å².